The summed E-state index contributed by atoms with van der Waals surface area (Å²) in [7, 11) is 1.76. The quantitative estimate of drug-likeness (QED) is 0.798. The van der Waals surface area contributed by atoms with Crippen LogP contribution in [0.4, 0.5) is 0 Å². The molecule has 1 amide bonds. The first-order valence-corrected chi connectivity index (χ1v) is 7.84. The van der Waals surface area contributed by atoms with E-state index >= 15 is 0 Å². The third kappa shape index (κ3) is 2.47. The van der Waals surface area contributed by atoms with E-state index in [0.717, 1.165) is 24.0 Å². The number of rotatable bonds is 3. The number of carbonyl (C=O) groups is 1. The highest BCUT2D eigenvalue weighted by atomic mass is 16.5. The van der Waals surface area contributed by atoms with Gasteiger partial charge in [0.25, 0.3) is 5.91 Å². The number of benzene rings is 1. The molecule has 0 saturated heterocycles. The van der Waals surface area contributed by atoms with E-state index in [1.807, 2.05) is 12.1 Å². The predicted octanol–water partition coefficient (Wildman–Crippen LogP) is 2.20. The third-order valence-corrected chi connectivity index (χ3v) is 4.37. The lowest BCUT2D eigenvalue weighted by Gasteiger charge is -2.14. The first-order valence-electron chi connectivity index (χ1n) is 7.84. The molecule has 0 bridgehead atoms. The van der Waals surface area contributed by atoms with Crippen LogP contribution >= 0.6 is 0 Å². The molecule has 7 heteroatoms. The zero-order valence-electron chi connectivity index (χ0n) is 13.5. The summed E-state index contributed by atoms with van der Waals surface area (Å²) in [6, 6.07) is 7.82. The van der Waals surface area contributed by atoms with Crippen LogP contribution in [0.3, 0.4) is 0 Å². The highest BCUT2D eigenvalue weighted by Gasteiger charge is 2.25. The van der Waals surface area contributed by atoms with Crippen LogP contribution in [0.2, 0.25) is 0 Å². The van der Waals surface area contributed by atoms with Gasteiger partial charge in [-0.3, -0.25) is 9.48 Å². The fourth-order valence-corrected chi connectivity index (χ4v) is 3.15. The van der Waals surface area contributed by atoms with E-state index in [1.165, 1.54) is 5.56 Å². The van der Waals surface area contributed by atoms with Crippen molar-refractivity contribution in [3.05, 3.63) is 53.2 Å². The van der Waals surface area contributed by atoms with E-state index in [2.05, 4.69) is 26.6 Å². The normalized spacial score (nSPS) is 16.2. The van der Waals surface area contributed by atoms with Crippen LogP contribution in [0.5, 0.6) is 0 Å². The molecule has 0 saturated carbocycles. The van der Waals surface area contributed by atoms with Crippen LogP contribution in [0.25, 0.3) is 11.4 Å². The number of amides is 1. The Morgan fingerprint density at radius 3 is 2.96 bits per heavy atom. The van der Waals surface area contributed by atoms with E-state index in [-0.39, 0.29) is 11.9 Å². The van der Waals surface area contributed by atoms with Crippen LogP contribution in [0.15, 0.2) is 35.0 Å². The van der Waals surface area contributed by atoms with Gasteiger partial charge in [0.15, 0.2) is 0 Å². The lowest BCUT2D eigenvalue weighted by atomic mass is 10.0. The summed E-state index contributed by atoms with van der Waals surface area (Å²) >= 11 is 0. The number of hydrogen-bond acceptors (Lipinski definition) is 5. The van der Waals surface area contributed by atoms with Gasteiger partial charge in [0.1, 0.15) is 5.69 Å². The molecule has 7 nitrogen and oxygen atoms in total. The Kier molecular flexibility index (Phi) is 3.41. The van der Waals surface area contributed by atoms with E-state index in [9.17, 15) is 4.79 Å². The van der Waals surface area contributed by atoms with Crippen molar-refractivity contribution in [2.45, 2.75) is 25.8 Å². The fraction of sp³-hybridized carbons (Fsp3) is 0.294. The highest BCUT2D eigenvalue weighted by Crippen LogP contribution is 2.33. The molecular weight excluding hydrogens is 306 g/mol. The van der Waals surface area contributed by atoms with Crippen LogP contribution in [0.1, 0.15) is 40.0 Å². The smallest absolute Gasteiger partial charge is 0.270 e. The van der Waals surface area contributed by atoms with Gasteiger partial charge in [-0.25, -0.2) is 0 Å². The number of fused-ring (bicyclic) bond motifs is 1. The predicted molar refractivity (Wildman–Crippen MR) is 86.2 cm³/mol. The van der Waals surface area contributed by atoms with Gasteiger partial charge < -0.3 is 9.84 Å². The minimum atomic E-state index is -0.106. The van der Waals surface area contributed by atoms with Crippen molar-refractivity contribution in [3.8, 4) is 11.4 Å². The monoisotopic (exact) mass is 323 g/mol. The van der Waals surface area contributed by atoms with Gasteiger partial charge in [-0.1, -0.05) is 17.3 Å². The molecule has 2 aromatic heterocycles. The second-order valence-electron chi connectivity index (χ2n) is 5.96. The van der Waals surface area contributed by atoms with E-state index < -0.39 is 0 Å². The standard InChI is InChI=1S/C17H17N5O2/c1-10-19-16(21-24-10)12-3-5-13-11(9-12)4-6-14(13)20-17(23)15-7-8-18-22(15)2/h3,5,7-9,14H,4,6H2,1-2H3,(H,20,23). The molecular formula is C17H17N5O2. The molecule has 24 heavy (non-hydrogen) atoms. The highest BCUT2D eigenvalue weighted by molar-refractivity contribution is 5.92. The van der Waals surface area contributed by atoms with Crippen LogP contribution in [0, 0.1) is 6.92 Å². The molecule has 0 fully saturated rings. The maximum atomic E-state index is 12.4. The van der Waals surface area contributed by atoms with Gasteiger partial charge >= 0.3 is 0 Å². The van der Waals surface area contributed by atoms with E-state index in [1.54, 1.807) is 30.9 Å². The largest absolute Gasteiger partial charge is 0.344 e. The van der Waals surface area contributed by atoms with Gasteiger partial charge in [-0.2, -0.15) is 10.1 Å². The third-order valence-electron chi connectivity index (χ3n) is 4.37. The van der Waals surface area contributed by atoms with Crippen molar-refractivity contribution in [3.63, 3.8) is 0 Å². The average Bonchev–Trinajstić information content (AvgIpc) is 3.27. The summed E-state index contributed by atoms with van der Waals surface area (Å²) in [5, 5.41) is 11.1. The minimum absolute atomic E-state index is 0.0171. The van der Waals surface area contributed by atoms with Crippen molar-refractivity contribution in [1.82, 2.24) is 25.2 Å². The number of aromatic nitrogens is 4. The van der Waals surface area contributed by atoms with Crippen LogP contribution in [-0.2, 0) is 13.5 Å². The zero-order chi connectivity index (χ0) is 16.7. The Labute approximate surface area is 138 Å². The topological polar surface area (TPSA) is 85.8 Å². The summed E-state index contributed by atoms with van der Waals surface area (Å²) in [4.78, 5) is 16.6. The van der Waals surface area contributed by atoms with Gasteiger partial charge in [0, 0.05) is 25.7 Å². The molecule has 0 aliphatic heterocycles. The molecule has 1 N–H and O–H groups in total. The first kappa shape index (κ1) is 14.6. The number of hydrogen-bond donors (Lipinski definition) is 1. The van der Waals surface area contributed by atoms with E-state index in [4.69, 9.17) is 4.52 Å². The van der Waals surface area contributed by atoms with E-state index in [0.29, 0.717) is 17.4 Å². The Morgan fingerprint density at radius 1 is 1.38 bits per heavy atom. The maximum absolute atomic E-state index is 12.4. The van der Waals surface area contributed by atoms with Gasteiger partial charge in [0.2, 0.25) is 11.7 Å². The van der Waals surface area contributed by atoms with Crippen molar-refractivity contribution in [1.29, 1.82) is 0 Å². The maximum Gasteiger partial charge on any atom is 0.270 e. The summed E-state index contributed by atoms with van der Waals surface area (Å²) < 4.78 is 6.61. The van der Waals surface area contributed by atoms with Gasteiger partial charge in [-0.05, 0) is 36.1 Å². The Bertz CT molecular complexity index is 911. The second-order valence-corrected chi connectivity index (χ2v) is 5.96. The molecule has 3 aromatic rings. The Hall–Kier alpha value is -2.96. The molecule has 0 spiro atoms. The van der Waals surface area contributed by atoms with Crippen molar-refractivity contribution in [2.75, 3.05) is 0 Å². The average molecular weight is 323 g/mol. The summed E-state index contributed by atoms with van der Waals surface area (Å²) in [5.41, 5.74) is 3.85. The number of aryl methyl sites for hydroxylation is 3. The number of nitrogens with one attached hydrogen (secondary N) is 1. The van der Waals surface area contributed by atoms with Gasteiger partial charge in [-0.15, -0.1) is 0 Å². The number of carbonyl (C=O) groups excluding carboxylic acids is 1. The number of nitrogens with zero attached hydrogens (tertiary/aromatic N) is 4. The van der Waals surface area contributed by atoms with Crippen LogP contribution in [-0.4, -0.2) is 25.8 Å². The lowest BCUT2D eigenvalue weighted by molar-refractivity contribution is 0.0927. The van der Waals surface area contributed by atoms with Crippen molar-refractivity contribution in [2.24, 2.45) is 7.05 Å². The molecule has 1 aliphatic rings. The Morgan fingerprint density at radius 2 is 2.25 bits per heavy atom. The summed E-state index contributed by atoms with van der Waals surface area (Å²) in [6.45, 7) is 1.77. The van der Waals surface area contributed by atoms with Crippen molar-refractivity contribution < 1.29 is 9.32 Å². The minimum Gasteiger partial charge on any atom is -0.344 e. The molecule has 2 heterocycles. The summed E-state index contributed by atoms with van der Waals surface area (Å²) in [6.07, 6.45) is 3.42. The summed E-state index contributed by atoms with van der Waals surface area (Å²) in [5.74, 6) is 1.04. The SMILES string of the molecule is Cc1nc(-c2ccc3c(c2)CCC3NC(=O)c2ccnn2C)no1. The first-order chi connectivity index (χ1) is 11.6. The second kappa shape index (κ2) is 5.59. The van der Waals surface area contributed by atoms with Gasteiger partial charge in [0.05, 0.1) is 6.04 Å². The molecule has 0 radical (unpaired) electrons. The molecule has 122 valence electrons. The molecule has 4 rings (SSSR count). The molecule has 1 atom stereocenters. The lowest BCUT2D eigenvalue weighted by Crippen LogP contribution is -2.28. The molecule has 1 aliphatic carbocycles. The van der Waals surface area contributed by atoms with Crippen LogP contribution < -0.4 is 5.32 Å². The Balaban J connectivity index is 1.56. The fourth-order valence-electron chi connectivity index (χ4n) is 3.15. The molecule has 1 aromatic carbocycles. The zero-order valence-corrected chi connectivity index (χ0v) is 13.5. The molecule has 1 unspecified atom stereocenters. The van der Waals surface area contributed by atoms with Crippen molar-refractivity contribution >= 4 is 5.91 Å².